The van der Waals surface area contributed by atoms with Gasteiger partial charge in [-0.2, -0.15) is 4.98 Å². The van der Waals surface area contributed by atoms with Crippen molar-refractivity contribution in [1.29, 1.82) is 0 Å². The first kappa shape index (κ1) is 24.4. The highest BCUT2D eigenvalue weighted by Crippen LogP contribution is 2.37. The van der Waals surface area contributed by atoms with E-state index in [0.717, 1.165) is 29.7 Å². The number of nitrogens with one attached hydrogen (secondary N) is 1. The van der Waals surface area contributed by atoms with E-state index in [1.165, 1.54) is 11.1 Å². The third-order valence-corrected chi connectivity index (χ3v) is 6.44. The van der Waals surface area contributed by atoms with Crippen molar-refractivity contribution in [3.05, 3.63) is 59.0 Å². The summed E-state index contributed by atoms with van der Waals surface area (Å²) >= 11 is -1.99. The van der Waals surface area contributed by atoms with Crippen molar-refractivity contribution < 1.29 is 22.8 Å². The second-order valence-corrected chi connectivity index (χ2v) is 9.13. The highest BCUT2D eigenvalue weighted by atomic mass is 32.2. The molecule has 1 heterocycles. The minimum Gasteiger partial charge on any atom is -0.772 e. The van der Waals surface area contributed by atoms with Crippen LogP contribution in [0, 0.1) is 0 Å². The summed E-state index contributed by atoms with van der Waals surface area (Å²) in [7, 11) is 0. The lowest BCUT2D eigenvalue weighted by atomic mass is 10.0. The summed E-state index contributed by atoms with van der Waals surface area (Å²) in [6.07, 6.45) is 2.98. The van der Waals surface area contributed by atoms with Gasteiger partial charge in [0.2, 0.25) is 11.7 Å². The van der Waals surface area contributed by atoms with Crippen LogP contribution in [0.4, 0.5) is 0 Å². The summed E-state index contributed by atoms with van der Waals surface area (Å²) < 4.78 is 38.4. The summed E-state index contributed by atoms with van der Waals surface area (Å²) in [5, 5.41) is 7.73. The number of nitrogens with zero attached hydrogens (tertiary/aromatic N) is 2. The molecule has 0 radical (unpaired) electrons. The predicted molar refractivity (Wildman–Crippen MR) is 129 cm³/mol. The van der Waals surface area contributed by atoms with Gasteiger partial charge in [-0.05, 0) is 68.5 Å². The Morgan fingerprint density at radius 3 is 2.79 bits per heavy atom. The first-order valence-electron chi connectivity index (χ1n) is 11.7. The van der Waals surface area contributed by atoms with E-state index in [0.29, 0.717) is 50.1 Å². The average Bonchev–Trinajstić information content (AvgIpc) is 3.46. The molecule has 8 nitrogen and oxygen atoms in total. The maximum absolute atomic E-state index is 10.7. The molecule has 4 rings (SSSR count). The standard InChI is InChI=1S/C25H31N3O5S/c1-3-31-22-12-9-17(15-23(22)32-4-2)16-24-27-25(28-33-24)20-8-5-7-19-18(20)10-11-21(19)26-13-6-14-34(29)30/h5,7-9,12,15,21,26H,3-4,6,10-11,13-14,16H2,1-2H3,(H,29,30)/p-1. The van der Waals surface area contributed by atoms with Crippen molar-refractivity contribution in [3.8, 4) is 22.9 Å². The summed E-state index contributed by atoms with van der Waals surface area (Å²) in [4.78, 5) is 4.67. The van der Waals surface area contributed by atoms with Gasteiger partial charge in [0.25, 0.3) is 0 Å². The molecule has 0 bridgehead atoms. The Morgan fingerprint density at radius 1 is 1.18 bits per heavy atom. The maximum atomic E-state index is 10.7. The molecular weight excluding hydrogens is 454 g/mol. The molecule has 1 N–H and O–H groups in total. The maximum Gasteiger partial charge on any atom is 0.231 e. The molecule has 0 amide bonds. The number of aromatic nitrogens is 2. The van der Waals surface area contributed by atoms with E-state index >= 15 is 0 Å². The van der Waals surface area contributed by atoms with E-state index in [1.807, 2.05) is 44.2 Å². The van der Waals surface area contributed by atoms with E-state index < -0.39 is 11.1 Å². The molecule has 1 aromatic heterocycles. The highest BCUT2D eigenvalue weighted by Gasteiger charge is 2.26. The van der Waals surface area contributed by atoms with Crippen LogP contribution in [-0.4, -0.2) is 44.4 Å². The lowest BCUT2D eigenvalue weighted by molar-refractivity contribution is 0.287. The number of benzene rings is 2. The second kappa shape index (κ2) is 11.6. The van der Waals surface area contributed by atoms with Gasteiger partial charge in [0, 0.05) is 17.4 Å². The van der Waals surface area contributed by atoms with Crippen molar-refractivity contribution in [3.63, 3.8) is 0 Å². The Bertz CT molecular complexity index is 1130. The molecule has 2 unspecified atom stereocenters. The van der Waals surface area contributed by atoms with E-state index in [4.69, 9.17) is 14.0 Å². The molecular formula is C25H30N3O5S-. The fourth-order valence-corrected chi connectivity index (χ4v) is 4.74. The van der Waals surface area contributed by atoms with Gasteiger partial charge in [0.05, 0.1) is 19.6 Å². The van der Waals surface area contributed by atoms with Gasteiger partial charge in [-0.3, -0.25) is 4.21 Å². The quantitative estimate of drug-likeness (QED) is 0.304. The third-order valence-electron chi connectivity index (χ3n) is 5.82. The lowest BCUT2D eigenvalue weighted by Gasteiger charge is -2.15. The minimum absolute atomic E-state index is 0.179. The molecule has 1 aliphatic carbocycles. The normalized spacial score (nSPS) is 15.8. The van der Waals surface area contributed by atoms with Crippen molar-refractivity contribution in [2.45, 2.75) is 45.6 Å². The fourth-order valence-electron chi connectivity index (χ4n) is 4.36. The molecule has 34 heavy (non-hydrogen) atoms. The molecule has 0 aliphatic heterocycles. The van der Waals surface area contributed by atoms with Crippen LogP contribution >= 0.6 is 0 Å². The summed E-state index contributed by atoms with van der Waals surface area (Å²) in [6, 6.07) is 12.2. The Balaban J connectivity index is 1.47. The van der Waals surface area contributed by atoms with E-state index in [2.05, 4.69) is 21.5 Å². The smallest absolute Gasteiger partial charge is 0.231 e. The second-order valence-electron chi connectivity index (χ2n) is 8.12. The average molecular weight is 485 g/mol. The molecule has 9 heteroatoms. The van der Waals surface area contributed by atoms with Gasteiger partial charge >= 0.3 is 0 Å². The molecule has 0 saturated heterocycles. The van der Waals surface area contributed by atoms with Crippen LogP contribution in [-0.2, 0) is 23.9 Å². The molecule has 0 spiro atoms. The van der Waals surface area contributed by atoms with Crippen LogP contribution in [0.25, 0.3) is 11.4 Å². The third kappa shape index (κ3) is 5.84. The lowest BCUT2D eigenvalue weighted by Crippen LogP contribution is -2.21. The summed E-state index contributed by atoms with van der Waals surface area (Å²) in [5.74, 6) is 2.74. The molecule has 0 saturated carbocycles. The van der Waals surface area contributed by atoms with Crippen LogP contribution in [0.3, 0.4) is 0 Å². The molecule has 1 aliphatic rings. The topological polar surface area (TPSA) is 110 Å². The van der Waals surface area contributed by atoms with Gasteiger partial charge in [-0.25, -0.2) is 0 Å². The highest BCUT2D eigenvalue weighted by molar-refractivity contribution is 7.79. The number of ether oxygens (including phenoxy) is 2. The monoisotopic (exact) mass is 484 g/mol. The first-order valence-corrected chi connectivity index (χ1v) is 13.0. The Labute approximate surface area is 202 Å². The zero-order valence-electron chi connectivity index (χ0n) is 19.5. The number of fused-ring (bicyclic) bond motifs is 1. The van der Waals surface area contributed by atoms with Gasteiger partial charge in [0.15, 0.2) is 11.5 Å². The van der Waals surface area contributed by atoms with Crippen molar-refractivity contribution >= 4 is 11.1 Å². The molecule has 182 valence electrons. The number of rotatable bonds is 12. The van der Waals surface area contributed by atoms with E-state index in [9.17, 15) is 8.76 Å². The summed E-state index contributed by atoms with van der Waals surface area (Å²) in [5.41, 5.74) is 4.43. The van der Waals surface area contributed by atoms with Gasteiger partial charge in [-0.1, -0.05) is 40.5 Å². The molecule has 3 aromatic rings. The van der Waals surface area contributed by atoms with Gasteiger partial charge in [-0.15, -0.1) is 0 Å². The van der Waals surface area contributed by atoms with Crippen LogP contribution in [0.15, 0.2) is 40.9 Å². The van der Waals surface area contributed by atoms with Gasteiger partial charge < -0.3 is 23.9 Å². The molecule has 2 atom stereocenters. The number of hydrogen-bond acceptors (Lipinski definition) is 8. The fraction of sp³-hybridized carbons (Fsp3) is 0.440. The van der Waals surface area contributed by atoms with E-state index in [-0.39, 0.29) is 11.8 Å². The summed E-state index contributed by atoms with van der Waals surface area (Å²) in [6.45, 7) is 5.69. The van der Waals surface area contributed by atoms with Crippen molar-refractivity contribution in [2.75, 3.05) is 25.5 Å². The van der Waals surface area contributed by atoms with Crippen molar-refractivity contribution in [2.24, 2.45) is 0 Å². The molecule has 0 fully saturated rings. The SMILES string of the molecule is CCOc1ccc(Cc2nc(-c3cccc4c3CCC4NCCCS(=O)[O-])no2)cc1OCC. The minimum atomic E-state index is -1.99. The van der Waals surface area contributed by atoms with Crippen molar-refractivity contribution in [1.82, 2.24) is 15.5 Å². The largest absolute Gasteiger partial charge is 0.772 e. The zero-order chi connectivity index (χ0) is 23.9. The Morgan fingerprint density at radius 2 is 2.00 bits per heavy atom. The Hall–Kier alpha value is -2.75. The Kier molecular flexibility index (Phi) is 8.31. The van der Waals surface area contributed by atoms with Crippen LogP contribution in [0.5, 0.6) is 11.5 Å². The predicted octanol–water partition coefficient (Wildman–Crippen LogP) is 3.97. The zero-order valence-corrected chi connectivity index (χ0v) is 20.4. The number of hydrogen-bond donors (Lipinski definition) is 1. The van der Waals surface area contributed by atoms with Gasteiger partial charge in [0.1, 0.15) is 0 Å². The molecule has 2 aromatic carbocycles. The van der Waals surface area contributed by atoms with Crippen LogP contribution in [0.2, 0.25) is 0 Å². The van der Waals surface area contributed by atoms with E-state index in [1.54, 1.807) is 0 Å². The first-order chi connectivity index (χ1) is 16.6. The van der Waals surface area contributed by atoms with Crippen LogP contribution in [0.1, 0.15) is 55.3 Å². The van der Waals surface area contributed by atoms with Crippen LogP contribution < -0.4 is 14.8 Å².